The van der Waals surface area contributed by atoms with Gasteiger partial charge in [0, 0.05) is 12.8 Å². The number of aliphatic carboxylic acids is 1. The molecule has 4 nitrogen and oxygen atoms in total. The van der Waals surface area contributed by atoms with Gasteiger partial charge in [0.1, 0.15) is 6.10 Å². The molecule has 4 heteroatoms. The maximum atomic E-state index is 12.5. The van der Waals surface area contributed by atoms with E-state index in [0.717, 1.165) is 32.1 Å². The molecular formula is C38H74O4. The van der Waals surface area contributed by atoms with E-state index in [1.807, 2.05) is 0 Å². The molecule has 0 fully saturated rings. The lowest BCUT2D eigenvalue weighted by atomic mass is 10.0. The summed E-state index contributed by atoms with van der Waals surface area (Å²) in [5.74, 6) is -0.625. The van der Waals surface area contributed by atoms with Crippen LogP contribution in [0.3, 0.4) is 0 Å². The van der Waals surface area contributed by atoms with Crippen LogP contribution in [0.5, 0.6) is 0 Å². The quantitative estimate of drug-likeness (QED) is 0.0585. The van der Waals surface area contributed by atoms with E-state index in [4.69, 9.17) is 9.84 Å². The second-order valence-corrected chi connectivity index (χ2v) is 13.1. The molecule has 0 rings (SSSR count). The molecule has 0 aliphatic carbocycles. The van der Waals surface area contributed by atoms with Gasteiger partial charge in [-0.05, 0) is 38.5 Å². The summed E-state index contributed by atoms with van der Waals surface area (Å²) in [6.07, 6.45) is 40.1. The molecule has 42 heavy (non-hydrogen) atoms. The molecule has 0 aromatic rings. The number of carboxylic acid groups (broad SMARTS) is 1. The second kappa shape index (κ2) is 34.4. The summed E-state index contributed by atoms with van der Waals surface area (Å²) in [6.45, 7) is 4.52. The van der Waals surface area contributed by atoms with Gasteiger partial charge in [-0.2, -0.15) is 0 Å². The number of carbonyl (C=O) groups excluding carboxylic acids is 1. The second-order valence-electron chi connectivity index (χ2n) is 13.1. The van der Waals surface area contributed by atoms with Crippen molar-refractivity contribution in [1.29, 1.82) is 0 Å². The van der Waals surface area contributed by atoms with Crippen LogP contribution in [0.2, 0.25) is 0 Å². The standard InChI is InChI=1S/C38H74O4/c1-3-5-7-8-9-10-11-13-18-21-24-27-31-35-38(41)42-36(32-28-6-4-2)33-29-25-22-19-16-14-12-15-17-20-23-26-30-34-37(39)40/h36H,3-35H2,1-2H3,(H,39,40). The van der Waals surface area contributed by atoms with Gasteiger partial charge in [0.15, 0.2) is 0 Å². The van der Waals surface area contributed by atoms with Crippen LogP contribution in [-0.2, 0) is 14.3 Å². The predicted octanol–water partition coefficient (Wildman–Crippen LogP) is 12.9. The van der Waals surface area contributed by atoms with E-state index in [2.05, 4.69) is 13.8 Å². The third kappa shape index (κ3) is 33.4. The van der Waals surface area contributed by atoms with Crippen LogP contribution in [0.4, 0.5) is 0 Å². The lowest BCUT2D eigenvalue weighted by Gasteiger charge is -2.18. The summed E-state index contributed by atoms with van der Waals surface area (Å²) >= 11 is 0. The van der Waals surface area contributed by atoms with Gasteiger partial charge in [0.05, 0.1) is 0 Å². The first-order chi connectivity index (χ1) is 20.6. The topological polar surface area (TPSA) is 63.6 Å². The van der Waals surface area contributed by atoms with Crippen LogP contribution in [0.15, 0.2) is 0 Å². The normalized spacial score (nSPS) is 12.0. The van der Waals surface area contributed by atoms with Crippen molar-refractivity contribution in [1.82, 2.24) is 0 Å². The van der Waals surface area contributed by atoms with Crippen LogP contribution < -0.4 is 0 Å². The van der Waals surface area contributed by atoms with Crippen molar-refractivity contribution in [2.24, 2.45) is 0 Å². The number of carboxylic acids is 1. The van der Waals surface area contributed by atoms with E-state index in [1.54, 1.807) is 0 Å². The molecule has 0 aliphatic rings. The van der Waals surface area contributed by atoms with Crippen molar-refractivity contribution in [3.63, 3.8) is 0 Å². The van der Waals surface area contributed by atoms with E-state index < -0.39 is 5.97 Å². The number of ether oxygens (including phenoxy) is 1. The minimum atomic E-state index is -0.666. The van der Waals surface area contributed by atoms with Crippen LogP contribution in [0.25, 0.3) is 0 Å². The number of esters is 1. The Balaban J connectivity index is 3.69. The van der Waals surface area contributed by atoms with Gasteiger partial charge >= 0.3 is 11.9 Å². The Bertz CT molecular complexity index is 561. The zero-order valence-electron chi connectivity index (χ0n) is 28.6. The van der Waals surface area contributed by atoms with Crippen molar-refractivity contribution >= 4 is 11.9 Å². The Morgan fingerprint density at radius 3 is 1.10 bits per heavy atom. The highest BCUT2D eigenvalue weighted by atomic mass is 16.5. The molecule has 0 radical (unpaired) electrons. The summed E-state index contributed by atoms with van der Waals surface area (Å²) < 4.78 is 5.96. The van der Waals surface area contributed by atoms with E-state index in [1.165, 1.54) is 167 Å². The average Bonchev–Trinajstić information content (AvgIpc) is 2.97. The molecule has 1 unspecified atom stereocenters. The van der Waals surface area contributed by atoms with Crippen LogP contribution in [0.1, 0.15) is 226 Å². The summed E-state index contributed by atoms with van der Waals surface area (Å²) in [5.41, 5.74) is 0. The third-order valence-electron chi connectivity index (χ3n) is 8.83. The minimum absolute atomic E-state index is 0.0415. The first-order valence-electron chi connectivity index (χ1n) is 19.0. The van der Waals surface area contributed by atoms with Gasteiger partial charge in [0.25, 0.3) is 0 Å². The average molecular weight is 595 g/mol. The van der Waals surface area contributed by atoms with Crippen LogP contribution >= 0.6 is 0 Å². The van der Waals surface area contributed by atoms with E-state index in [0.29, 0.717) is 12.8 Å². The lowest BCUT2D eigenvalue weighted by molar-refractivity contribution is -0.150. The molecule has 1 N–H and O–H groups in total. The largest absolute Gasteiger partial charge is 0.481 e. The van der Waals surface area contributed by atoms with Gasteiger partial charge in [-0.3, -0.25) is 9.59 Å². The number of hydrogen-bond acceptors (Lipinski definition) is 3. The molecule has 1 atom stereocenters. The Morgan fingerprint density at radius 2 is 0.714 bits per heavy atom. The molecule has 0 aromatic carbocycles. The fourth-order valence-corrected chi connectivity index (χ4v) is 6.01. The minimum Gasteiger partial charge on any atom is -0.481 e. The number of unbranched alkanes of at least 4 members (excludes halogenated alkanes) is 26. The van der Waals surface area contributed by atoms with E-state index in [9.17, 15) is 9.59 Å². The maximum absolute atomic E-state index is 12.5. The van der Waals surface area contributed by atoms with E-state index in [-0.39, 0.29) is 12.1 Å². The molecule has 0 aromatic heterocycles. The summed E-state index contributed by atoms with van der Waals surface area (Å²) in [4.78, 5) is 23.0. The summed E-state index contributed by atoms with van der Waals surface area (Å²) in [7, 11) is 0. The Hall–Kier alpha value is -1.06. The number of carbonyl (C=O) groups is 2. The monoisotopic (exact) mass is 595 g/mol. The molecule has 250 valence electrons. The highest BCUT2D eigenvalue weighted by Gasteiger charge is 2.14. The van der Waals surface area contributed by atoms with Crippen molar-refractivity contribution < 1.29 is 19.4 Å². The lowest BCUT2D eigenvalue weighted by Crippen LogP contribution is -2.18. The molecule has 0 aliphatic heterocycles. The number of rotatable bonds is 35. The first kappa shape index (κ1) is 40.9. The van der Waals surface area contributed by atoms with Crippen molar-refractivity contribution in [2.45, 2.75) is 232 Å². The first-order valence-corrected chi connectivity index (χ1v) is 19.0. The smallest absolute Gasteiger partial charge is 0.306 e. The zero-order chi connectivity index (χ0) is 30.8. The van der Waals surface area contributed by atoms with Crippen LogP contribution in [-0.4, -0.2) is 23.1 Å². The third-order valence-corrected chi connectivity index (χ3v) is 8.83. The molecule has 0 spiro atoms. The summed E-state index contributed by atoms with van der Waals surface area (Å²) in [6, 6.07) is 0. The molecule has 0 amide bonds. The molecular weight excluding hydrogens is 520 g/mol. The van der Waals surface area contributed by atoms with Crippen LogP contribution in [0, 0.1) is 0 Å². The Labute approximate surface area is 262 Å². The van der Waals surface area contributed by atoms with E-state index >= 15 is 0 Å². The number of hydrogen-bond donors (Lipinski definition) is 1. The Kier molecular flexibility index (Phi) is 33.6. The highest BCUT2D eigenvalue weighted by Crippen LogP contribution is 2.19. The highest BCUT2D eigenvalue weighted by molar-refractivity contribution is 5.69. The molecule has 0 saturated carbocycles. The molecule has 0 bridgehead atoms. The SMILES string of the molecule is CCCCCCCCCCCCCCCC(=O)OC(CCCCC)CCCCCCCCCCCCCCCC(=O)O. The van der Waals surface area contributed by atoms with Gasteiger partial charge in [-0.1, -0.05) is 174 Å². The predicted molar refractivity (Wildman–Crippen MR) is 181 cm³/mol. The van der Waals surface area contributed by atoms with Gasteiger partial charge in [-0.15, -0.1) is 0 Å². The summed E-state index contributed by atoms with van der Waals surface area (Å²) in [5, 5.41) is 8.67. The molecule has 0 saturated heterocycles. The fourth-order valence-electron chi connectivity index (χ4n) is 6.01. The van der Waals surface area contributed by atoms with Crippen molar-refractivity contribution in [2.75, 3.05) is 0 Å². The zero-order valence-corrected chi connectivity index (χ0v) is 28.6. The van der Waals surface area contributed by atoms with Gasteiger partial charge in [-0.25, -0.2) is 0 Å². The van der Waals surface area contributed by atoms with Gasteiger partial charge in [0.2, 0.25) is 0 Å². The van der Waals surface area contributed by atoms with Crippen molar-refractivity contribution in [3.05, 3.63) is 0 Å². The van der Waals surface area contributed by atoms with Gasteiger partial charge < -0.3 is 9.84 Å². The van der Waals surface area contributed by atoms with Crippen molar-refractivity contribution in [3.8, 4) is 0 Å². The molecule has 0 heterocycles. The maximum Gasteiger partial charge on any atom is 0.306 e. The Morgan fingerprint density at radius 1 is 0.429 bits per heavy atom. The fraction of sp³-hybridized carbons (Fsp3) is 0.947.